The van der Waals surface area contributed by atoms with Crippen LogP contribution >= 0.6 is 0 Å². The number of carbonyl (C=O) groups excluding carboxylic acids is 1. The highest BCUT2D eigenvalue weighted by molar-refractivity contribution is 5.97. The van der Waals surface area contributed by atoms with E-state index in [1.807, 2.05) is 16.7 Å². The molecular weight excluding hydrogens is 276 g/mol. The second-order valence-electron chi connectivity index (χ2n) is 6.02. The number of amides is 1. The monoisotopic (exact) mass is 294 g/mol. The van der Waals surface area contributed by atoms with Gasteiger partial charge in [-0.1, -0.05) is 29.8 Å². The van der Waals surface area contributed by atoms with Gasteiger partial charge < -0.3 is 14.3 Å². The molecule has 1 aliphatic carbocycles. The maximum Gasteiger partial charge on any atom is 0.268 e. The molecule has 2 heterocycles. The molecule has 1 fully saturated rings. The summed E-state index contributed by atoms with van der Waals surface area (Å²) in [6.45, 7) is 2.74. The van der Waals surface area contributed by atoms with Gasteiger partial charge in [0.2, 0.25) is 0 Å². The van der Waals surface area contributed by atoms with Gasteiger partial charge in [0.1, 0.15) is 5.69 Å². The van der Waals surface area contributed by atoms with Crippen LogP contribution in [0.2, 0.25) is 0 Å². The molecule has 1 aromatic carbocycles. The largest absolute Gasteiger partial charge is 0.463 e. The fourth-order valence-corrected chi connectivity index (χ4v) is 2.70. The number of benzene rings is 1. The van der Waals surface area contributed by atoms with Crippen LogP contribution < -0.4 is 5.32 Å². The van der Waals surface area contributed by atoms with Gasteiger partial charge in [-0.05, 0) is 25.3 Å². The average molecular weight is 294 g/mol. The molecule has 1 aliphatic rings. The Morgan fingerprint density at radius 2 is 2.05 bits per heavy atom. The van der Waals surface area contributed by atoms with Gasteiger partial charge in [0.25, 0.3) is 5.91 Å². The van der Waals surface area contributed by atoms with E-state index in [1.165, 1.54) is 11.1 Å². The Morgan fingerprint density at radius 1 is 1.27 bits per heavy atom. The van der Waals surface area contributed by atoms with Gasteiger partial charge in [-0.25, -0.2) is 0 Å². The first-order valence-corrected chi connectivity index (χ1v) is 7.64. The molecule has 0 unspecified atom stereocenters. The average Bonchev–Trinajstić information content (AvgIpc) is 3.08. The Bertz CT molecular complexity index is 823. The number of fused-ring (bicyclic) bond motifs is 1. The van der Waals surface area contributed by atoms with Crippen molar-refractivity contribution in [1.29, 1.82) is 0 Å². The lowest BCUT2D eigenvalue weighted by Gasteiger charge is -2.10. The summed E-state index contributed by atoms with van der Waals surface area (Å²) in [7, 11) is 0. The van der Waals surface area contributed by atoms with Crippen LogP contribution in [-0.2, 0) is 6.54 Å². The maximum absolute atomic E-state index is 12.5. The number of hydrogen-bond acceptors (Lipinski definition) is 2. The van der Waals surface area contributed by atoms with Crippen molar-refractivity contribution in [2.24, 2.45) is 0 Å². The third-order valence-electron chi connectivity index (χ3n) is 4.13. The third-order valence-corrected chi connectivity index (χ3v) is 4.13. The molecule has 4 heteroatoms. The first-order chi connectivity index (χ1) is 10.7. The van der Waals surface area contributed by atoms with Crippen LogP contribution in [0.25, 0.3) is 11.1 Å². The minimum absolute atomic E-state index is 0.0130. The van der Waals surface area contributed by atoms with Crippen LogP contribution in [0.15, 0.2) is 47.1 Å². The fourth-order valence-electron chi connectivity index (χ4n) is 2.70. The molecule has 1 amide bonds. The summed E-state index contributed by atoms with van der Waals surface area (Å²) >= 11 is 0. The van der Waals surface area contributed by atoms with Crippen LogP contribution in [-0.4, -0.2) is 16.5 Å². The van der Waals surface area contributed by atoms with Gasteiger partial charge in [-0.2, -0.15) is 0 Å². The van der Waals surface area contributed by atoms with E-state index in [1.54, 1.807) is 6.26 Å². The van der Waals surface area contributed by atoms with Gasteiger partial charge >= 0.3 is 0 Å². The normalized spacial score (nSPS) is 14.4. The number of aromatic nitrogens is 1. The third kappa shape index (κ3) is 2.41. The second kappa shape index (κ2) is 5.05. The van der Waals surface area contributed by atoms with Crippen LogP contribution in [0.1, 0.15) is 34.5 Å². The van der Waals surface area contributed by atoms with Crippen molar-refractivity contribution in [3.8, 4) is 0 Å². The Labute approximate surface area is 128 Å². The molecular formula is C18H18N2O2. The van der Waals surface area contributed by atoms with E-state index in [2.05, 4.69) is 36.5 Å². The van der Waals surface area contributed by atoms with Crippen molar-refractivity contribution in [2.75, 3.05) is 0 Å². The molecule has 2 aromatic heterocycles. The smallest absolute Gasteiger partial charge is 0.268 e. The zero-order chi connectivity index (χ0) is 15.1. The lowest BCUT2D eigenvalue weighted by molar-refractivity contribution is 0.0942. The number of nitrogens with zero attached hydrogens (tertiary/aromatic N) is 1. The minimum atomic E-state index is -0.0130. The summed E-state index contributed by atoms with van der Waals surface area (Å²) < 4.78 is 7.49. The number of carbonyl (C=O) groups is 1. The topological polar surface area (TPSA) is 47.2 Å². The second-order valence-corrected chi connectivity index (χ2v) is 6.02. The summed E-state index contributed by atoms with van der Waals surface area (Å²) in [5.41, 5.74) is 4.79. The highest BCUT2D eigenvalue weighted by Gasteiger charge is 2.26. The quantitative estimate of drug-likeness (QED) is 0.800. The van der Waals surface area contributed by atoms with Gasteiger partial charge in [-0.15, -0.1) is 0 Å². The highest BCUT2D eigenvalue weighted by Crippen LogP contribution is 2.24. The Morgan fingerprint density at radius 3 is 2.77 bits per heavy atom. The molecule has 0 radical (unpaired) electrons. The first-order valence-electron chi connectivity index (χ1n) is 7.64. The maximum atomic E-state index is 12.5. The van der Waals surface area contributed by atoms with Crippen molar-refractivity contribution < 1.29 is 9.21 Å². The first kappa shape index (κ1) is 13.2. The lowest BCUT2D eigenvalue weighted by atomic mass is 10.1. The number of nitrogens with one attached hydrogen (secondary N) is 1. The van der Waals surface area contributed by atoms with Crippen LogP contribution in [0.3, 0.4) is 0 Å². The summed E-state index contributed by atoms with van der Waals surface area (Å²) in [6, 6.07) is 12.5. The van der Waals surface area contributed by atoms with E-state index in [4.69, 9.17) is 4.42 Å². The number of aryl methyl sites for hydroxylation is 1. The molecule has 0 aliphatic heterocycles. The molecule has 0 atom stereocenters. The van der Waals surface area contributed by atoms with E-state index in [9.17, 15) is 4.79 Å². The summed E-state index contributed by atoms with van der Waals surface area (Å²) in [6.07, 6.45) is 3.83. The Balaban J connectivity index is 1.71. The van der Waals surface area contributed by atoms with E-state index in [-0.39, 0.29) is 5.91 Å². The summed E-state index contributed by atoms with van der Waals surface area (Å²) in [4.78, 5) is 12.5. The van der Waals surface area contributed by atoms with Gasteiger partial charge in [0.05, 0.1) is 11.8 Å². The number of hydrogen-bond donors (Lipinski definition) is 1. The van der Waals surface area contributed by atoms with Crippen molar-refractivity contribution in [3.63, 3.8) is 0 Å². The van der Waals surface area contributed by atoms with Crippen molar-refractivity contribution in [3.05, 3.63) is 59.5 Å². The van der Waals surface area contributed by atoms with Crippen LogP contribution in [0.5, 0.6) is 0 Å². The summed E-state index contributed by atoms with van der Waals surface area (Å²) in [5.74, 6) is -0.0130. The predicted octanol–water partition coefficient (Wildman–Crippen LogP) is 3.48. The molecule has 0 bridgehead atoms. The van der Waals surface area contributed by atoms with E-state index < -0.39 is 0 Å². The Hall–Kier alpha value is -2.49. The summed E-state index contributed by atoms with van der Waals surface area (Å²) in [5, 5.41) is 3.05. The molecule has 0 spiro atoms. The number of furan rings is 1. The fraction of sp³-hybridized carbons (Fsp3) is 0.278. The van der Waals surface area contributed by atoms with E-state index in [0.717, 1.165) is 23.9 Å². The van der Waals surface area contributed by atoms with Gasteiger partial charge in [-0.3, -0.25) is 4.79 Å². The van der Waals surface area contributed by atoms with Gasteiger partial charge in [0, 0.05) is 24.7 Å². The zero-order valence-electron chi connectivity index (χ0n) is 12.5. The van der Waals surface area contributed by atoms with E-state index in [0.29, 0.717) is 18.3 Å². The molecule has 1 N–H and O–H groups in total. The molecule has 1 saturated carbocycles. The molecule has 3 aromatic rings. The van der Waals surface area contributed by atoms with Crippen molar-refractivity contribution in [1.82, 2.24) is 9.88 Å². The van der Waals surface area contributed by atoms with Crippen LogP contribution in [0, 0.1) is 6.92 Å². The zero-order valence-corrected chi connectivity index (χ0v) is 12.5. The predicted molar refractivity (Wildman–Crippen MR) is 85.0 cm³/mol. The van der Waals surface area contributed by atoms with Gasteiger partial charge in [0.15, 0.2) is 5.58 Å². The van der Waals surface area contributed by atoms with Crippen molar-refractivity contribution in [2.45, 2.75) is 32.4 Å². The van der Waals surface area contributed by atoms with E-state index >= 15 is 0 Å². The van der Waals surface area contributed by atoms with Crippen LogP contribution in [0.4, 0.5) is 0 Å². The lowest BCUT2D eigenvalue weighted by Crippen LogP contribution is -2.27. The standard InChI is InChI=1S/C18H18N2O2/c1-12-2-4-13(5-3-12)11-20-15-8-9-22-17(15)10-16(20)18(21)19-14-6-7-14/h2-5,8-10,14H,6-7,11H2,1H3,(H,19,21). The highest BCUT2D eigenvalue weighted by atomic mass is 16.3. The SMILES string of the molecule is Cc1ccc(Cn2c(C(=O)NC3CC3)cc3occc32)cc1. The molecule has 0 saturated heterocycles. The van der Waals surface area contributed by atoms with Crippen molar-refractivity contribution >= 4 is 17.0 Å². The number of rotatable bonds is 4. The molecule has 4 nitrogen and oxygen atoms in total. The minimum Gasteiger partial charge on any atom is -0.463 e. The molecule has 4 rings (SSSR count). The Kier molecular flexibility index (Phi) is 3.03. The molecule has 22 heavy (non-hydrogen) atoms. The molecule has 112 valence electrons.